The molecule has 1 aliphatic heterocycles. The minimum Gasteiger partial charge on any atom is -0.497 e. The Hall–Kier alpha value is -3.48. The molecule has 0 bridgehead atoms. The van der Waals surface area contributed by atoms with Gasteiger partial charge in [-0.3, -0.25) is 9.59 Å². The number of hydrogen-bond donors (Lipinski definition) is 2. The highest BCUT2D eigenvalue weighted by Gasteiger charge is 2.24. The molecule has 156 valence electrons. The molecule has 0 spiro atoms. The number of carbonyl (C=O) groups excluding carboxylic acids is 2. The number of rotatable bonds is 6. The van der Waals surface area contributed by atoms with Crippen LogP contribution >= 0.6 is 0 Å². The van der Waals surface area contributed by atoms with Crippen LogP contribution in [0.15, 0.2) is 53.1 Å². The van der Waals surface area contributed by atoms with E-state index in [-0.39, 0.29) is 24.2 Å². The summed E-state index contributed by atoms with van der Waals surface area (Å²) in [5.41, 5.74) is 8.66. The van der Waals surface area contributed by atoms with Crippen molar-refractivity contribution in [2.24, 2.45) is 11.7 Å². The quantitative estimate of drug-likeness (QED) is 0.653. The Bertz CT molecular complexity index is 1070. The third kappa shape index (κ3) is 4.10. The highest BCUT2D eigenvalue weighted by atomic mass is 16.5. The van der Waals surface area contributed by atoms with Crippen molar-refractivity contribution in [1.29, 1.82) is 0 Å². The largest absolute Gasteiger partial charge is 0.497 e. The van der Waals surface area contributed by atoms with Crippen LogP contribution in [-0.4, -0.2) is 32.0 Å². The number of primary amides is 1. The lowest BCUT2D eigenvalue weighted by molar-refractivity contribution is -0.122. The maximum atomic E-state index is 12.8. The third-order valence-corrected chi connectivity index (χ3v) is 5.63. The van der Waals surface area contributed by atoms with Gasteiger partial charge in [0, 0.05) is 36.0 Å². The van der Waals surface area contributed by atoms with Crippen LogP contribution < -0.4 is 20.7 Å². The number of anilines is 2. The summed E-state index contributed by atoms with van der Waals surface area (Å²) >= 11 is 0. The Morgan fingerprint density at radius 1 is 1.20 bits per heavy atom. The summed E-state index contributed by atoms with van der Waals surface area (Å²) in [4.78, 5) is 26.4. The van der Waals surface area contributed by atoms with Crippen LogP contribution in [-0.2, 0) is 16.0 Å². The van der Waals surface area contributed by atoms with Gasteiger partial charge in [-0.25, -0.2) is 0 Å². The standard InChI is InChI=1S/C23H25N3O4/c1-29-17-6-7-18-16(14-30-21(18)13-17)12-22(27)25-19-4-2-3-5-20(19)26-10-8-15(9-11-26)23(24)28/h2-7,13-15H,8-12H2,1H3,(H2,24,28)(H,25,27). The fourth-order valence-electron chi connectivity index (χ4n) is 3.95. The van der Waals surface area contributed by atoms with Crippen LogP contribution in [0.5, 0.6) is 5.75 Å². The van der Waals surface area contributed by atoms with Crippen LogP contribution in [0.1, 0.15) is 18.4 Å². The number of ether oxygens (including phenoxy) is 1. The predicted octanol–water partition coefficient (Wildman–Crippen LogP) is 3.32. The number of nitrogens with two attached hydrogens (primary N) is 1. The number of hydrogen-bond acceptors (Lipinski definition) is 5. The Morgan fingerprint density at radius 3 is 2.70 bits per heavy atom. The second kappa shape index (κ2) is 8.49. The van der Waals surface area contributed by atoms with Crippen molar-refractivity contribution in [2.75, 3.05) is 30.4 Å². The van der Waals surface area contributed by atoms with E-state index in [1.165, 1.54) is 0 Å². The number of furan rings is 1. The minimum absolute atomic E-state index is 0.0731. The van der Waals surface area contributed by atoms with Gasteiger partial charge >= 0.3 is 0 Å². The maximum absolute atomic E-state index is 12.8. The van der Waals surface area contributed by atoms with Gasteiger partial charge in [-0.15, -0.1) is 0 Å². The number of fused-ring (bicyclic) bond motifs is 1. The molecule has 1 fully saturated rings. The molecule has 7 nitrogen and oxygen atoms in total. The van der Waals surface area contributed by atoms with Crippen molar-refractivity contribution in [3.8, 4) is 5.75 Å². The van der Waals surface area contributed by atoms with Crippen molar-refractivity contribution in [3.63, 3.8) is 0 Å². The summed E-state index contributed by atoms with van der Waals surface area (Å²) in [5.74, 6) is 0.284. The van der Waals surface area contributed by atoms with E-state index in [4.69, 9.17) is 14.9 Å². The molecule has 7 heteroatoms. The summed E-state index contributed by atoms with van der Waals surface area (Å²) < 4.78 is 10.8. The normalized spacial score (nSPS) is 14.6. The number of methoxy groups -OCH3 is 1. The summed E-state index contributed by atoms with van der Waals surface area (Å²) in [6.45, 7) is 1.46. The molecule has 2 amide bonds. The van der Waals surface area contributed by atoms with E-state index in [0.717, 1.165) is 48.3 Å². The number of piperidine rings is 1. The zero-order valence-corrected chi connectivity index (χ0v) is 16.9. The molecule has 0 saturated carbocycles. The molecule has 0 aliphatic carbocycles. The molecule has 1 aliphatic rings. The second-order valence-electron chi connectivity index (χ2n) is 7.53. The molecule has 2 aromatic carbocycles. The Morgan fingerprint density at radius 2 is 1.97 bits per heavy atom. The molecule has 0 unspecified atom stereocenters. The zero-order valence-electron chi connectivity index (χ0n) is 16.9. The third-order valence-electron chi connectivity index (χ3n) is 5.63. The lowest BCUT2D eigenvalue weighted by Crippen LogP contribution is -2.38. The van der Waals surface area contributed by atoms with Crippen LogP contribution in [0.2, 0.25) is 0 Å². The summed E-state index contributed by atoms with van der Waals surface area (Å²) in [7, 11) is 1.60. The highest BCUT2D eigenvalue weighted by Crippen LogP contribution is 2.30. The van der Waals surface area contributed by atoms with Gasteiger partial charge in [0.15, 0.2) is 0 Å². The fourth-order valence-corrected chi connectivity index (χ4v) is 3.95. The highest BCUT2D eigenvalue weighted by molar-refractivity contribution is 5.98. The molecule has 1 aromatic heterocycles. The first-order chi connectivity index (χ1) is 14.5. The van der Waals surface area contributed by atoms with E-state index in [2.05, 4.69) is 10.2 Å². The average molecular weight is 407 g/mol. The lowest BCUT2D eigenvalue weighted by atomic mass is 9.96. The molecule has 4 rings (SSSR count). The summed E-state index contributed by atoms with van der Waals surface area (Å²) in [6, 6.07) is 13.3. The van der Waals surface area contributed by atoms with Gasteiger partial charge in [0.2, 0.25) is 11.8 Å². The monoisotopic (exact) mass is 407 g/mol. The van der Waals surface area contributed by atoms with Gasteiger partial charge in [-0.05, 0) is 37.1 Å². The number of nitrogens with one attached hydrogen (secondary N) is 1. The molecule has 0 radical (unpaired) electrons. The first-order valence-electron chi connectivity index (χ1n) is 10.0. The van der Waals surface area contributed by atoms with Crippen molar-refractivity contribution in [2.45, 2.75) is 19.3 Å². The number of benzene rings is 2. The molecule has 3 N–H and O–H groups in total. The summed E-state index contributed by atoms with van der Waals surface area (Å²) in [6.07, 6.45) is 3.27. The van der Waals surface area contributed by atoms with E-state index < -0.39 is 0 Å². The molecule has 2 heterocycles. The average Bonchev–Trinajstić information content (AvgIpc) is 3.16. The van der Waals surface area contributed by atoms with Crippen LogP contribution in [0.25, 0.3) is 11.0 Å². The van der Waals surface area contributed by atoms with E-state index in [0.29, 0.717) is 11.3 Å². The van der Waals surface area contributed by atoms with Crippen molar-refractivity contribution in [3.05, 3.63) is 54.3 Å². The van der Waals surface area contributed by atoms with Gasteiger partial charge in [-0.2, -0.15) is 0 Å². The smallest absolute Gasteiger partial charge is 0.228 e. The zero-order chi connectivity index (χ0) is 21.1. The fraction of sp³-hybridized carbons (Fsp3) is 0.304. The van der Waals surface area contributed by atoms with E-state index in [1.54, 1.807) is 13.4 Å². The number of amides is 2. The molecule has 30 heavy (non-hydrogen) atoms. The first kappa shape index (κ1) is 19.8. The van der Waals surface area contributed by atoms with Crippen molar-refractivity contribution >= 4 is 34.2 Å². The first-order valence-corrected chi connectivity index (χ1v) is 10.0. The van der Waals surface area contributed by atoms with Gasteiger partial charge in [-0.1, -0.05) is 12.1 Å². The van der Waals surface area contributed by atoms with E-state index in [1.807, 2.05) is 42.5 Å². The second-order valence-corrected chi connectivity index (χ2v) is 7.53. The van der Waals surface area contributed by atoms with Gasteiger partial charge in [0.05, 0.1) is 31.2 Å². The number of nitrogens with zero attached hydrogens (tertiary/aromatic N) is 1. The topological polar surface area (TPSA) is 97.8 Å². The van der Waals surface area contributed by atoms with Crippen LogP contribution in [0, 0.1) is 5.92 Å². The molecule has 1 saturated heterocycles. The van der Waals surface area contributed by atoms with Gasteiger partial charge in [0.1, 0.15) is 11.3 Å². The number of carbonyl (C=O) groups is 2. The van der Waals surface area contributed by atoms with E-state index in [9.17, 15) is 9.59 Å². The van der Waals surface area contributed by atoms with Gasteiger partial charge in [0.25, 0.3) is 0 Å². The van der Waals surface area contributed by atoms with E-state index >= 15 is 0 Å². The summed E-state index contributed by atoms with van der Waals surface area (Å²) in [5, 5.41) is 3.92. The maximum Gasteiger partial charge on any atom is 0.228 e. The SMILES string of the molecule is COc1ccc2c(CC(=O)Nc3ccccc3N3CCC(C(N)=O)CC3)coc2c1. The van der Waals surface area contributed by atoms with Crippen LogP contribution in [0.4, 0.5) is 11.4 Å². The Labute approximate surface area is 174 Å². The predicted molar refractivity (Wildman–Crippen MR) is 116 cm³/mol. The molecule has 0 atom stereocenters. The Kier molecular flexibility index (Phi) is 5.61. The van der Waals surface area contributed by atoms with Gasteiger partial charge < -0.3 is 25.1 Å². The molecular formula is C23H25N3O4. The van der Waals surface area contributed by atoms with Crippen molar-refractivity contribution in [1.82, 2.24) is 0 Å². The molecule has 3 aromatic rings. The number of para-hydroxylation sites is 2. The minimum atomic E-state index is -0.235. The molecular weight excluding hydrogens is 382 g/mol. The van der Waals surface area contributed by atoms with Crippen LogP contribution in [0.3, 0.4) is 0 Å². The van der Waals surface area contributed by atoms with Crippen molar-refractivity contribution < 1.29 is 18.7 Å². The lowest BCUT2D eigenvalue weighted by Gasteiger charge is -2.33. The Balaban J connectivity index is 1.46.